The first kappa shape index (κ1) is 14.8. The molecule has 0 radical (unpaired) electrons. The average molecular weight is 359 g/mol. The second-order valence-corrected chi connectivity index (χ2v) is 6.95. The summed E-state index contributed by atoms with van der Waals surface area (Å²) in [7, 11) is 0. The number of thiophene rings is 1. The van der Waals surface area contributed by atoms with Crippen LogP contribution in [0.3, 0.4) is 0 Å². The Morgan fingerprint density at radius 1 is 0.957 bits per heavy atom. The molecule has 0 saturated carbocycles. The summed E-state index contributed by atoms with van der Waals surface area (Å²) < 4.78 is 2.07. The third-order valence-electron chi connectivity index (χ3n) is 3.75. The van der Waals surface area contributed by atoms with Gasteiger partial charge in [0.05, 0.1) is 16.4 Å². The number of hydrogen-bond donors (Lipinski definition) is 0. The number of hydrogen-bond acceptors (Lipinski definition) is 2. The van der Waals surface area contributed by atoms with E-state index in [4.69, 9.17) is 28.2 Å². The average Bonchev–Trinajstić information content (AvgIpc) is 3.17. The van der Waals surface area contributed by atoms with Crippen molar-refractivity contribution in [2.45, 2.75) is 6.42 Å². The summed E-state index contributed by atoms with van der Waals surface area (Å²) in [4.78, 5) is 4.80. The molecule has 0 spiro atoms. The maximum absolute atomic E-state index is 6.18. The molecule has 0 aliphatic carbocycles. The van der Waals surface area contributed by atoms with Crippen LogP contribution in [0, 0.1) is 0 Å². The Hall–Kier alpha value is -1.81. The number of imidazole rings is 1. The van der Waals surface area contributed by atoms with E-state index in [9.17, 15) is 0 Å². The van der Waals surface area contributed by atoms with Gasteiger partial charge in [-0.3, -0.25) is 0 Å². The Morgan fingerprint density at radius 3 is 2.48 bits per heavy atom. The number of fused-ring (bicyclic) bond motifs is 1. The van der Waals surface area contributed by atoms with Crippen molar-refractivity contribution in [2.24, 2.45) is 0 Å². The Kier molecular flexibility index (Phi) is 3.85. The van der Waals surface area contributed by atoms with E-state index >= 15 is 0 Å². The third-order valence-corrected chi connectivity index (χ3v) is 4.96. The zero-order chi connectivity index (χ0) is 15.8. The molecule has 3 heterocycles. The standard InChI is InChI=1S/C18H12Cl2N2S/c19-14-3-1-13(2-4-14)18-16(9-12-7-8-23-11-12)22-10-15(20)5-6-17(22)21-18/h1-8,10-11H,9H2. The molecule has 0 aliphatic heterocycles. The minimum absolute atomic E-state index is 0.698. The van der Waals surface area contributed by atoms with Crippen LogP contribution in [0.25, 0.3) is 16.9 Å². The molecule has 4 aromatic rings. The van der Waals surface area contributed by atoms with Crippen LogP contribution < -0.4 is 0 Å². The predicted octanol–water partition coefficient (Wildman–Crippen LogP) is 5.96. The zero-order valence-corrected chi connectivity index (χ0v) is 14.4. The highest BCUT2D eigenvalue weighted by Gasteiger charge is 2.15. The molecule has 0 fully saturated rings. The van der Waals surface area contributed by atoms with Gasteiger partial charge in [0.1, 0.15) is 5.65 Å². The molecule has 0 aliphatic rings. The lowest BCUT2D eigenvalue weighted by Crippen LogP contribution is -1.95. The van der Waals surface area contributed by atoms with Gasteiger partial charge in [0.15, 0.2) is 0 Å². The summed E-state index contributed by atoms with van der Waals surface area (Å²) in [6.45, 7) is 0. The number of rotatable bonds is 3. The van der Waals surface area contributed by atoms with Crippen LogP contribution in [0.4, 0.5) is 0 Å². The Labute approximate surface area is 147 Å². The summed E-state index contributed by atoms with van der Waals surface area (Å²) >= 11 is 13.9. The van der Waals surface area contributed by atoms with Gasteiger partial charge in [0.2, 0.25) is 0 Å². The van der Waals surface area contributed by atoms with E-state index in [1.165, 1.54) is 5.56 Å². The van der Waals surface area contributed by atoms with Gasteiger partial charge < -0.3 is 4.40 Å². The number of nitrogens with zero attached hydrogens (tertiary/aromatic N) is 2. The number of pyridine rings is 1. The highest BCUT2D eigenvalue weighted by atomic mass is 35.5. The number of aromatic nitrogens is 2. The minimum Gasteiger partial charge on any atom is -0.302 e. The van der Waals surface area contributed by atoms with E-state index < -0.39 is 0 Å². The first-order valence-electron chi connectivity index (χ1n) is 7.14. The molecule has 23 heavy (non-hydrogen) atoms. The van der Waals surface area contributed by atoms with E-state index in [1.54, 1.807) is 11.3 Å². The topological polar surface area (TPSA) is 17.3 Å². The summed E-state index contributed by atoms with van der Waals surface area (Å²) in [6, 6.07) is 13.7. The largest absolute Gasteiger partial charge is 0.302 e. The molecule has 114 valence electrons. The lowest BCUT2D eigenvalue weighted by molar-refractivity contribution is 1.03. The molecule has 0 unspecified atom stereocenters. The predicted molar refractivity (Wildman–Crippen MR) is 97.8 cm³/mol. The number of halogens is 2. The molecular weight excluding hydrogens is 347 g/mol. The van der Waals surface area contributed by atoms with Crippen LogP contribution >= 0.6 is 34.5 Å². The maximum atomic E-state index is 6.18. The van der Waals surface area contributed by atoms with Crippen molar-refractivity contribution in [3.8, 4) is 11.3 Å². The molecule has 3 aromatic heterocycles. The monoisotopic (exact) mass is 358 g/mol. The highest BCUT2D eigenvalue weighted by molar-refractivity contribution is 7.07. The second-order valence-electron chi connectivity index (χ2n) is 5.30. The lowest BCUT2D eigenvalue weighted by Gasteiger charge is -2.05. The van der Waals surface area contributed by atoms with Gasteiger partial charge in [0.25, 0.3) is 0 Å². The van der Waals surface area contributed by atoms with E-state index in [0.29, 0.717) is 5.02 Å². The van der Waals surface area contributed by atoms with Crippen molar-refractivity contribution >= 4 is 40.2 Å². The Balaban J connectivity index is 1.93. The molecule has 0 amide bonds. The van der Waals surface area contributed by atoms with Gasteiger partial charge in [-0.05, 0) is 46.7 Å². The molecule has 5 heteroatoms. The van der Waals surface area contributed by atoms with Gasteiger partial charge in [-0.15, -0.1) is 0 Å². The quantitative estimate of drug-likeness (QED) is 0.441. The minimum atomic E-state index is 0.698. The van der Waals surface area contributed by atoms with Gasteiger partial charge in [-0.25, -0.2) is 4.98 Å². The zero-order valence-electron chi connectivity index (χ0n) is 12.0. The van der Waals surface area contributed by atoms with Crippen molar-refractivity contribution < 1.29 is 0 Å². The molecular formula is C18H12Cl2N2S. The molecule has 0 saturated heterocycles. The van der Waals surface area contributed by atoms with Crippen LogP contribution in [-0.4, -0.2) is 9.38 Å². The molecule has 0 atom stereocenters. The summed E-state index contributed by atoms with van der Waals surface area (Å²) in [5.74, 6) is 0. The molecule has 1 aromatic carbocycles. The summed E-state index contributed by atoms with van der Waals surface area (Å²) in [6.07, 6.45) is 2.73. The SMILES string of the molecule is Clc1ccc(-c2nc3ccc(Cl)cn3c2Cc2ccsc2)cc1. The Morgan fingerprint density at radius 2 is 1.74 bits per heavy atom. The van der Waals surface area contributed by atoms with Gasteiger partial charge >= 0.3 is 0 Å². The summed E-state index contributed by atoms with van der Waals surface area (Å²) in [5.41, 5.74) is 5.31. The van der Waals surface area contributed by atoms with Crippen LogP contribution in [0.5, 0.6) is 0 Å². The number of benzene rings is 1. The third kappa shape index (κ3) is 2.88. The fourth-order valence-corrected chi connectivity index (χ4v) is 3.62. The maximum Gasteiger partial charge on any atom is 0.137 e. The van der Waals surface area contributed by atoms with Crippen LogP contribution in [0.15, 0.2) is 59.4 Å². The van der Waals surface area contributed by atoms with Crippen LogP contribution in [-0.2, 0) is 6.42 Å². The van der Waals surface area contributed by atoms with E-state index in [2.05, 4.69) is 21.2 Å². The molecule has 0 N–H and O–H groups in total. The fourth-order valence-electron chi connectivity index (χ4n) is 2.66. The molecule has 4 rings (SSSR count). The van der Waals surface area contributed by atoms with Crippen molar-refractivity contribution in [3.05, 3.63) is 80.7 Å². The Bertz CT molecular complexity index is 957. The van der Waals surface area contributed by atoms with Crippen molar-refractivity contribution in [1.82, 2.24) is 9.38 Å². The van der Waals surface area contributed by atoms with Crippen molar-refractivity contribution in [2.75, 3.05) is 0 Å². The highest BCUT2D eigenvalue weighted by Crippen LogP contribution is 2.29. The van der Waals surface area contributed by atoms with Gasteiger partial charge in [-0.2, -0.15) is 11.3 Å². The van der Waals surface area contributed by atoms with Crippen molar-refractivity contribution in [3.63, 3.8) is 0 Å². The lowest BCUT2D eigenvalue weighted by atomic mass is 10.1. The van der Waals surface area contributed by atoms with Gasteiger partial charge in [0, 0.05) is 23.2 Å². The molecule has 2 nitrogen and oxygen atoms in total. The van der Waals surface area contributed by atoms with Crippen LogP contribution in [0.2, 0.25) is 10.0 Å². The fraction of sp³-hybridized carbons (Fsp3) is 0.0556. The van der Waals surface area contributed by atoms with E-state index in [0.717, 1.165) is 34.0 Å². The second kappa shape index (κ2) is 6.00. The first-order valence-corrected chi connectivity index (χ1v) is 8.84. The van der Waals surface area contributed by atoms with Crippen LogP contribution in [0.1, 0.15) is 11.3 Å². The van der Waals surface area contributed by atoms with E-state index in [-0.39, 0.29) is 0 Å². The van der Waals surface area contributed by atoms with Crippen molar-refractivity contribution in [1.29, 1.82) is 0 Å². The van der Waals surface area contributed by atoms with Gasteiger partial charge in [-0.1, -0.05) is 35.3 Å². The first-order chi connectivity index (χ1) is 11.2. The smallest absolute Gasteiger partial charge is 0.137 e. The molecule has 0 bridgehead atoms. The summed E-state index contributed by atoms with van der Waals surface area (Å²) in [5, 5.41) is 5.67. The normalized spacial score (nSPS) is 11.2. The van der Waals surface area contributed by atoms with E-state index in [1.807, 2.05) is 42.6 Å².